The number of rotatable bonds is 2. The van der Waals surface area contributed by atoms with Crippen LogP contribution in [0.15, 0.2) is 6.20 Å². The highest BCUT2D eigenvalue weighted by Crippen LogP contribution is 2.20. The minimum Gasteiger partial charge on any atom is -0.383 e. The maximum Gasteiger partial charge on any atom is 0.186 e. The summed E-state index contributed by atoms with van der Waals surface area (Å²) in [5.74, 6) is 2.24. The smallest absolute Gasteiger partial charge is 0.186 e. The Morgan fingerprint density at radius 3 is 2.64 bits per heavy atom. The molecule has 74 valence electrons. The van der Waals surface area contributed by atoms with Gasteiger partial charge in [0.2, 0.25) is 0 Å². The van der Waals surface area contributed by atoms with Crippen LogP contribution < -0.4 is 5.73 Å². The molecule has 2 aromatic rings. The van der Waals surface area contributed by atoms with E-state index in [1.165, 1.54) is 0 Å². The van der Waals surface area contributed by atoms with E-state index in [1.807, 2.05) is 13.8 Å². The number of aromatic amines is 2. The number of aromatic nitrogens is 5. The first-order valence-electron chi connectivity index (χ1n) is 4.40. The Hall–Kier alpha value is -1.85. The average Bonchev–Trinajstić information content (AvgIpc) is 2.71. The molecule has 0 aliphatic rings. The van der Waals surface area contributed by atoms with Crippen LogP contribution in [0.1, 0.15) is 25.6 Å². The lowest BCUT2D eigenvalue weighted by atomic mass is 10.2. The van der Waals surface area contributed by atoms with Gasteiger partial charge in [-0.25, -0.2) is 4.98 Å². The van der Waals surface area contributed by atoms with Gasteiger partial charge in [0, 0.05) is 5.92 Å². The lowest BCUT2D eigenvalue weighted by molar-refractivity contribution is 0.781. The molecule has 0 bridgehead atoms. The summed E-state index contributed by atoms with van der Waals surface area (Å²) in [5.41, 5.74) is 6.38. The summed E-state index contributed by atoms with van der Waals surface area (Å²) in [5, 5.41) is 13.4. The zero-order valence-electron chi connectivity index (χ0n) is 8.07. The molecule has 2 aromatic heterocycles. The van der Waals surface area contributed by atoms with Gasteiger partial charge < -0.3 is 5.73 Å². The molecule has 2 heterocycles. The van der Waals surface area contributed by atoms with Crippen molar-refractivity contribution in [3.8, 4) is 11.4 Å². The van der Waals surface area contributed by atoms with E-state index >= 15 is 0 Å². The fourth-order valence-corrected chi connectivity index (χ4v) is 1.13. The minimum absolute atomic E-state index is 0.323. The monoisotopic (exact) mass is 192 g/mol. The van der Waals surface area contributed by atoms with Crippen LogP contribution in [0.2, 0.25) is 0 Å². The maximum atomic E-state index is 5.65. The highest BCUT2D eigenvalue weighted by atomic mass is 15.2. The average molecular weight is 192 g/mol. The van der Waals surface area contributed by atoms with Crippen LogP contribution >= 0.6 is 0 Å². The first-order valence-corrected chi connectivity index (χ1v) is 4.40. The van der Waals surface area contributed by atoms with Gasteiger partial charge in [0.1, 0.15) is 11.6 Å². The third-order valence-electron chi connectivity index (χ3n) is 1.96. The number of hydrogen-bond donors (Lipinski definition) is 3. The van der Waals surface area contributed by atoms with Crippen molar-refractivity contribution in [2.24, 2.45) is 0 Å². The molecule has 0 amide bonds. The SMILES string of the molecule is CC(C)c1nc(-c2cn[nH]c2N)n[nH]1. The van der Waals surface area contributed by atoms with Gasteiger partial charge in [0.05, 0.1) is 11.8 Å². The Labute approximate surface area is 80.9 Å². The Bertz CT molecular complexity index is 426. The topological polar surface area (TPSA) is 96.3 Å². The number of nitrogens with one attached hydrogen (secondary N) is 2. The van der Waals surface area contributed by atoms with Crippen LogP contribution in [-0.2, 0) is 0 Å². The molecule has 0 saturated heterocycles. The van der Waals surface area contributed by atoms with E-state index in [1.54, 1.807) is 6.20 Å². The summed E-state index contributed by atoms with van der Waals surface area (Å²) < 4.78 is 0. The van der Waals surface area contributed by atoms with Crippen molar-refractivity contribution >= 4 is 5.82 Å². The second kappa shape index (κ2) is 3.13. The van der Waals surface area contributed by atoms with Crippen LogP contribution in [0, 0.1) is 0 Å². The van der Waals surface area contributed by atoms with Crippen molar-refractivity contribution in [2.45, 2.75) is 19.8 Å². The second-order valence-electron chi connectivity index (χ2n) is 3.40. The summed E-state index contributed by atoms with van der Waals surface area (Å²) in [7, 11) is 0. The van der Waals surface area contributed by atoms with E-state index in [9.17, 15) is 0 Å². The van der Waals surface area contributed by atoms with E-state index in [0.717, 1.165) is 11.4 Å². The maximum absolute atomic E-state index is 5.65. The molecule has 0 unspecified atom stereocenters. The number of H-pyrrole nitrogens is 2. The zero-order valence-corrected chi connectivity index (χ0v) is 8.07. The van der Waals surface area contributed by atoms with Gasteiger partial charge in [0.25, 0.3) is 0 Å². The lowest BCUT2D eigenvalue weighted by Gasteiger charge is -1.95. The number of nitrogen functional groups attached to an aromatic ring is 1. The van der Waals surface area contributed by atoms with Gasteiger partial charge in [-0.3, -0.25) is 10.2 Å². The third-order valence-corrected chi connectivity index (χ3v) is 1.96. The molecule has 6 heteroatoms. The van der Waals surface area contributed by atoms with E-state index in [0.29, 0.717) is 17.6 Å². The lowest BCUT2D eigenvalue weighted by Crippen LogP contribution is -1.90. The number of hydrogen-bond acceptors (Lipinski definition) is 4. The Balaban J connectivity index is 2.39. The fourth-order valence-electron chi connectivity index (χ4n) is 1.13. The molecule has 0 atom stereocenters. The first kappa shape index (κ1) is 8.74. The number of nitrogens with two attached hydrogens (primary N) is 1. The quantitative estimate of drug-likeness (QED) is 0.658. The van der Waals surface area contributed by atoms with Gasteiger partial charge in [-0.05, 0) is 0 Å². The molecular weight excluding hydrogens is 180 g/mol. The van der Waals surface area contributed by atoms with Crippen molar-refractivity contribution < 1.29 is 0 Å². The third kappa shape index (κ3) is 1.34. The number of nitrogens with zero attached hydrogens (tertiary/aromatic N) is 3. The Kier molecular flexibility index (Phi) is 1.95. The Morgan fingerprint density at radius 1 is 1.36 bits per heavy atom. The molecule has 2 rings (SSSR count). The van der Waals surface area contributed by atoms with Crippen LogP contribution in [0.25, 0.3) is 11.4 Å². The molecule has 6 nitrogen and oxygen atoms in total. The van der Waals surface area contributed by atoms with Crippen molar-refractivity contribution in [1.82, 2.24) is 25.4 Å². The summed E-state index contributed by atoms with van der Waals surface area (Å²) in [4.78, 5) is 4.31. The van der Waals surface area contributed by atoms with E-state index in [4.69, 9.17) is 5.73 Å². The van der Waals surface area contributed by atoms with E-state index < -0.39 is 0 Å². The molecule has 0 aromatic carbocycles. The fraction of sp³-hybridized carbons (Fsp3) is 0.375. The molecule has 0 saturated carbocycles. The van der Waals surface area contributed by atoms with Crippen LogP contribution in [-0.4, -0.2) is 25.4 Å². The predicted molar refractivity (Wildman–Crippen MR) is 52.5 cm³/mol. The number of anilines is 1. The van der Waals surface area contributed by atoms with Gasteiger partial charge in [-0.2, -0.15) is 10.2 Å². The second-order valence-corrected chi connectivity index (χ2v) is 3.40. The van der Waals surface area contributed by atoms with Gasteiger partial charge in [-0.15, -0.1) is 0 Å². The molecule has 0 spiro atoms. The van der Waals surface area contributed by atoms with E-state index in [2.05, 4.69) is 25.4 Å². The van der Waals surface area contributed by atoms with Gasteiger partial charge >= 0.3 is 0 Å². The van der Waals surface area contributed by atoms with Crippen molar-refractivity contribution in [3.63, 3.8) is 0 Å². The molecular formula is C8H12N6. The normalized spacial score (nSPS) is 11.1. The van der Waals surface area contributed by atoms with Gasteiger partial charge in [-0.1, -0.05) is 13.8 Å². The van der Waals surface area contributed by atoms with Crippen molar-refractivity contribution in [1.29, 1.82) is 0 Å². The van der Waals surface area contributed by atoms with Crippen molar-refractivity contribution in [3.05, 3.63) is 12.0 Å². The molecule has 0 radical (unpaired) electrons. The molecule has 0 aliphatic heterocycles. The summed E-state index contributed by atoms with van der Waals surface area (Å²) in [6.45, 7) is 4.09. The summed E-state index contributed by atoms with van der Waals surface area (Å²) in [6.07, 6.45) is 1.61. The predicted octanol–water partition coefficient (Wildman–Crippen LogP) is 0.900. The molecule has 0 fully saturated rings. The van der Waals surface area contributed by atoms with Gasteiger partial charge in [0.15, 0.2) is 5.82 Å². The van der Waals surface area contributed by atoms with Crippen LogP contribution in [0.3, 0.4) is 0 Å². The summed E-state index contributed by atoms with van der Waals surface area (Å²) >= 11 is 0. The molecule has 14 heavy (non-hydrogen) atoms. The largest absolute Gasteiger partial charge is 0.383 e. The highest BCUT2D eigenvalue weighted by Gasteiger charge is 2.11. The molecule has 0 aliphatic carbocycles. The summed E-state index contributed by atoms with van der Waals surface area (Å²) in [6, 6.07) is 0. The van der Waals surface area contributed by atoms with Crippen LogP contribution in [0.5, 0.6) is 0 Å². The molecule has 4 N–H and O–H groups in total. The van der Waals surface area contributed by atoms with Crippen molar-refractivity contribution in [2.75, 3.05) is 5.73 Å². The zero-order chi connectivity index (χ0) is 10.1. The first-order chi connectivity index (χ1) is 6.68. The standard InChI is InChI=1S/C8H12N6/c1-4(2)7-11-8(14-13-7)5-3-10-12-6(5)9/h3-4H,1-2H3,(H3,9,10,12)(H,11,13,14). The van der Waals surface area contributed by atoms with E-state index in [-0.39, 0.29) is 0 Å². The Morgan fingerprint density at radius 2 is 2.14 bits per heavy atom. The highest BCUT2D eigenvalue weighted by molar-refractivity contribution is 5.66. The minimum atomic E-state index is 0.323. The van der Waals surface area contributed by atoms with Crippen LogP contribution in [0.4, 0.5) is 5.82 Å².